The summed E-state index contributed by atoms with van der Waals surface area (Å²) in [6.45, 7) is 2.97. The van der Waals surface area contributed by atoms with E-state index in [9.17, 15) is 22.4 Å². The van der Waals surface area contributed by atoms with Crippen LogP contribution in [0.15, 0.2) is 52.8 Å². The molecule has 1 saturated heterocycles. The summed E-state index contributed by atoms with van der Waals surface area (Å²) in [4.78, 5) is 22.8. The summed E-state index contributed by atoms with van der Waals surface area (Å²) in [5.74, 6) is -1.15. The van der Waals surface area contributed by atoms with E-state index in [2.05, 4.69) is 9.98 Å². The largest absolute Gasteiger partial charge is 0.416 e. The molecule has 1 aromatic heterocycles. The number of rotatable bonds is 5. The fourth-order valence-electron chi connectivity index (χ4n) is 3.32. The van der Waals surface area contributed by atoms with Crippen LogP contribution in [-0.2, 0) is 17.4 Å². The Morgan fingerprint density at radius 3 is 2.58 bits per heavy atom. The first-order valence-corrected chi connectivity index (χ1v) is 9.75. The van der Waals surface area contributed by atoms with Gasteiger partial charge in [0, 0.05) is 43.3 Å². The predicted molar refractivity (Wildman–Crippen MR) is 109 cm³/mol. The number of allylic oxidation sites excluding steroid dienone is 1. The molecule has 1 amide bonds. The van der Waals surface area contributed by atoms with E-state index in [0.29, 0.717) is 41.8 Å². The normalized spacial score (nSPS) is 15.5. The van der Waals surface area contributed by atoms with E-state index in [4.69, 9.17) is 5.73 Å². The minimum atomic E-state index is -4.64. The first-order chi connectivity index (χ1) is 14.6. The zero-order chi connectivity index (χ0) is 22.6. The predicted octanol–water partition coefficient (Wildman–Crippen LogP) is 4.39. The van der Waals surface area contributed by atoms with Crippen LogP contribution in [0.5, 0.6) is 0 Å². The number of aromatic nitrogens is 1. The first kappa shape index (κ1) is 22.5. The Morgan fingerprint density at radius 1 is 1.23 bits per heavy atom. The second-order valence-electron chi connectivity index (χ2n) is 7.38. The molecule has 0 aliphatic carbocycles. The van der Waals surface area contributed by atoms with Crippen LogP contribution in [0.2, 0.25) is 0 Å². The highest BCUT2D eigenvalue weighted by atomic mass is 19.4. The number of pyridine rings is 1. The van der Waals surface area contributed by atoms with Gasteiger partial charge in [0.15, 0.2) is 0 Å². The second kappa shape index (κ2) is 9.28. The van der Waals surface area contributed by atoms with Gasteiger partial charge in [-0.15, -0.1) is 0 Å². The van der Waals surface area contributed by atoms with Crippen LogP contribution in [-0.4, -0.2) is 35.1 Å². The number of hydrogen-bond acceptors (Lipinski definition) is 4. The van der Waals surface area contributed by atoms with E-state index < -0.39 is 17.6 Å². The summed E-state index contributed by atoms with van der Waals surface area (Å²) in [5.41, 5.74) is 6.45. The molecule has 5 nitrogen and oxygen atoms in total. The summed E-state index contributed by atoms with van der Waals surface area (Å²) < 4.78 is 52.4. The van der Waals surface area contributed by atoms with Crippen molar-refractivity contribution in [1.29, 1.82) is 0 Å². The van der Waals surface area contributed by atoms with E-state index in [1.807, 2.05) is 0 Å². The highest BCUT2D eigenvalue weighted by Crippen LogP contribution is 2.31. The second-order valence-corrected chi connectivity index (χ2v) is 7.38. The van der Waals surface area contributed by atoms with E-state index in [-0.39, 0.29) is 17.9 Å². The Bertz CT molecular complexity index is 1020. The molecule has 0 unspecified atom stereocenters. The van der Waals surface area contributed by atoms with Crippen molar-refractivity contribution in [3.63, 3.8) is 0 Å². The monoisotopic (exact) mass is 434 g/mol. The fraction of sp³-hybridized carbons (Fsp3) is 0.318. The quantitative estimate of drug-likeness (QED) is 0.431. The molecule has 31 heavy (non-hydrogen) atoms. The van der Waals surface area contributed by atoms with Crippen LogP contribution in [0.1, 0.15) is 36.6 Å². The zero-order valence-electron chi connectivity index (χ0n) is 16.9. The number of halogens is 4. The van der Waals surface area contributed by atoms with Crippen molar-refractivity contribution in [2.45, 2.75) is 32.4 Å². The molecule has 0 radical (unpaired) electrons. The lowest BCUT2D eigenvalue weighted by atomic mass is 10.0. The van der Waals surface area contributed by atoms with Gasteiger partial charge < -0.3 is 10.6 Å². The molecule has 1 aliphatic heterocycles. The van der Waals surface area contributed by atoms with Crippen molar-refractivity contribution in [2.75, 3.05) is 13.1 Å². The third-order valence-corrected chi connectivity index (χ3v) is 4.86. The van der Waals surface area contributed by atoms with Gasteiger partial charge >= 0.3 is 6.18 Å². The van der Waals surface area contributed by atoms with Crippen LogP contribution in [0, 0.1) is 5.82 Å². The molecule has 2 heterocycles. The number of nitrogens with zero attached hydrogens (tertiary/aromatic N) is 3. The Morgan fingerprint density at radius 2 is 1.94 bits per heavy atom. The van der Waals surface area contributed by atoms with E-state index in [1.165, 1.54) is 12.4 Å². The molecule has 0 atom stereocenters. The summed E-state index contributed by atoms with van der Waals surface area (Å²) >= 11 is 0. The molecule has 9 heteroatoms. The van der Waals surface area contributed by atoms with Crippen LogP contribution in [0.4, 0.5) is 23.2 Å². The maximum atomic E-state index is 13.6. The molecule has 2 N–H and O–H groups in total. The van der Waals surface area contributed by atoms with Crippen molar-refractivity contribution >= 4 is 17.8 Å². The molecule has 0 bridgehead atoms. The highest BCUT2D eigenvalue weighted by Gasteiger charge is 2.31. The minimum absolute atomic E-state index is 0.00444. The SMILES string of the molecule is C/C(N)=C(/C=Nc1ccnc(Cc2cc(F)cc(C(F)(F)F)c2)c1)C(=O)N1CCCC1. The first-order valence-electron chi connectivity index (χ1n) is 9.75. The van der Waals surface area contributed by atoms with Gasteiger partial charge in [0.2, 0.25) is 0 Å². The minimum Gasteiger partial charge on any atom is -0.402 e. The van der Waals surface area contributed by atoms with Gasteiger partial charge in [0.25, 0.3) is 5.91 Å². The number of hydrogen-bond donors (Lipinski definition) is 1. The number of carbonyl (C=O) groups is 1. The van der Waals surface area contributed by atoms with Gasteiger partial charge in [0.1, 0.15) is 5.82 Å². The molecule has 0 saturated carbocycles. The van der Waals surface area contributed by atoms with Crippen molar-refractivity contribution in [3.05, 3.63) is 70.4 Å². The Balaban J connectivity index is 1.79. The number of aliphatic imine (C=N–C) groups is 1. The number of amides is 1. The van der Waals surface area contributed by atoms with E-state index >= 15 is 0 Å². The number of benzene rings is 1. The number of likely N-dealkylation sites (tertiary alicyclic amines) is 1. The average molecular weight is 434 g/mol. The lowest BCUT2D eigenvalue weighted by molar-refractivity contribution is -0.137. The molecular formula is C22H22F4N4O. The lowest BCUT2D eigenvalue weighted by Crippen LogP contribution is -2.30. The van der Waals surface area contributed by atoms with Crippen molar-refractivity contribution in [2.24, 2.45) is 10.7 Å². The lowest BCUT2D eigenvalue weighted by Gasteiger charge is -2.16. The number of nitrogens with two attached hydrogens (primary N) is 1. The summed E-state index contributed by atoms with van der Waals surface area (Å²) in [6, 6.07) is 5.56. The van der Waals surface area contributed by atoms with Crippen LogP contribution in [0.3, 0.4) is 0 Å². The Hall–Kier alpha value is -3.23. The van der Waals surface area contributed by atoms with Crippen LogP contribution >= 0.6 is 0 Å². The molecule has 164 valence electrons. The van der Waals surface area contributed by atoms with Gasteiger partial charge in [-0.2, -0.15) is 13.2 Å². The summed E-state index contributed by atoms with van der Waals surface area (Å²) in [5, 5.41) is 0. The maximum absolute atomic E-state index is 13.6. The molecule has 2 aromatic rings. The van der Waals surface area contributed by atoms with Crippen molar-refractivity contribution < 1.29 is 22.4 Å². The molecular weight excluding hydrogens is 412 g/mol. The Kier molecular flexibility index (Phi) is 6.72. The zero-order valence-corrected chi connectivity index (χ0v) is 16.9. The fourth-order valence-corrected chi connectivity index (χ4v) is 3.32. The van der Waals surface area contributed by atoms with Gasteiger partial charge in [-0.05, 0) is 55.7 Å². The third kappa shape index (κ3) is 5.90. The van der Waals surface area contributed by atoms with E-state index in [1.54, 1.807) is 24.0 Å². The standard InChI is InChI=1S/C22H22F4N4O/c1-14(27)20(21(31)30-6-2-3-7-30)13-29-18-4-5-28-19(12-18)10-15-8-16(22(24,25)26)11-17(23)9-15/h4-5,8-9,11-13H,2-3,6-7,10,27H2,1H3/b20-14+,29-13?. The van der Waals surface area contributed by atoms with Gasteiger partial charge in [-0.1, -0.05) is 0 Å². The molecule has 3 rings (SSSR count). The summed E-state index contributed by atoms with van der Waals surface area (Å²) in [6.07, 6.45) is 0.0932. The van der Waals surface area contributed by atoms with E-state index in [0.717, 1.165) is 25.0 Å². The molecule has 1 aromatic carbocycles. The molecule has 1 aliphatic rings. The van der Waals surface area contributed by atoms with Gasteiger partial charge in [0.05, 0.1) is 16.8 Å². The van der Waals surface area contributed by atoms with Gasteiger partial charge in [-0.3, -0.25) is 14.8 Å². The van der Waals surface area contributed by atoms with Crippen LogP contribution in [0.25, 0.3) is 0 Å². The number of alkyl halides is 3. The Labute approximate surface area is 177 Å². The topological polar surface area (TPSA) is 71.6 Å². The number of carbonyl (C=O) groups excluding carboxylic acids is 1. The average Bonchev–Trinajstić information content (AvgIpc) is 3.22. The molecule has 1 fully saturated rings. The maximum Gasteiger partial charge on any atom is 0.416 e. The van der Waals surface area contributed by atoms with Crippen molar-refractivity contribution in [3.8, 4) is 0 Å². The highest BCUT2D eigenvalue weighted by molar-refractivity contribution is 6.13. The van der Waals surface area contributed by atoms with Crippen molar-refractivity contribution in [1.82, 2.24) is 9.88 Å². The smallest absolute Gasteiger partial charge is 0.402 e. The third-order valence-electron chi connectivity index (χ3n) is 4.86. The van der Waals surface area contributed by atoms with Gasteiger partial charge in [-0.25, -0.2) is 4.39 Å². The van der Waals surface area contributed by atoms with Crippen LogP contribution < -0.4 is 5.73 Å². The summed E-state index contributed by atoms with van der Waals surface area (Å²) in [7, 11) is 0. The molecule has 0 spiro atoms.